The second-order valence-electron chi connectivity index (χ2n) is 6.94. The molecule has 0 aliphatic carbocycles. The number of nitrogens with one attached hydrogen (secondary N) is 2. The molecule has 31 heavy (non-hydrogen) atoms. The first kappa shape index (κ1) is 22.3. The van der Waals surface area contributed by atoms with Crippen molar-refractivity contribution in [2.45, 2.75) is 26.6 Å². The Balaban J connectivity index is 1.68. The van der Waals surface area contributed by atoms with E-state index in [4.69, 9.17) is 26.1 Å². The number of aliphatic hydroxyl groups excluding tert-OH is 1. The average molecular weight is 441 g/mol. The Labute approximate surface area is 186 Å². The van der Waals surface area contributed by atoms with Gasteiger partial charge in [0.05, 0.1) is 18.8 Å². The molecule has 3 N–H and O–H groups in total. The Morgan fingerprint density at radius 1 is 1.16 bits per heavy atom. The molecule has 1 amide bonds. The molecule has 1 aromatic heterocycles. The highest BCUT2D eigenvalue weighted by Crippen LogP contribution is 2.33. The van der Waals surface area contributed by atoms with Crippen molar-refractivity contribution in [3.63, 3.8) is 0 Å². The Kier molecular flexibility index (Phi) is 7.28. The third-order valence-electron chi connectivity index (χ3n) is 4.24. The fraction of sp³-hybridized carbons (Fsp3) is 0.217. The van der Waals surface area contributed by atoms with Crippen LogP contribution in [0.2, 0.25) is 0 Å². The van der Waals surface area contributed by atoms with Gasteiger partial charge in [0.1, 0.15) is 29.6 Å². The number of aliphatic hydroxyl groups is 1. The normalized spacial score (nSPS) is 10.6. The maximum atomic E-state index is 12.5. The van der Waals surface area contributed by atoms with Gasteiger partial charge in [0.25, 0.3) is 5.91 Å². The fourth-order valence-corrected chi connectivity index (χ4v) is 3.11. The van der Waals surface area contributed by atoms with Gasteiger partial charge in [-0.15, -0.1) is 0 Å². The SMILES string of the molecule is COc1cc(NC(=S)NC(=O)c2cccc(OC(C)C)c2)ccc1-c1ccc(CO)o1. The molecule has 0 saturated heterocycles. The van der Waals surface area contributed by atoms with E-state index in [1.807, 2.05) is 13.8 Å². The lowest BCUT2D eigenvalue weighted by molar-refractivity contribution is 0.0977. The predicted molar refractivity (Wildman–Crippen MR) is 123 cm³/mol. The molecule has 162 valence electrons. The minimum absolute atomic E-state index is 0.00964. The lowest BCUT2D eigenvalue weighted by atomic mass is 10.1. The number of furan rings is 1. The molecule has 0 unspecified atom stereocenters. The molecule has 8 heteroatoms. The molecular formula is C23H24N2O5S. The van der Waals surface area contributed by atoms with Gasteiger partial charge in [0, 0.05) is 17.3 Å². The monoisotopic (exact) mass is 440 g/mol. The second kappa shape index (κ2) is 10.1. The fourth-order valence-electron chi connectivity index (χ4n) is 2.90. The first-order valence-electron chi connectivity index (χ1n) is 9.66. The molecule has 3 aromatic rings. The Bertz CT molecular complexity index is 1080. The molecule has 0 saturated carbocycles. The summed E-state index contributed by atoms with van der Waals surface area (Å²) in [5, 5.41) is 15.0. The number of carbonyl (C=O) groups is 1. The number of hydrogen-bond donors (Lipinski definition) is 3. The Morgan fingerprint density at radius 2 is 1.97 bits per heavy atom. The minimum Gasteiger partial charge on any atom is -0.496 e. The summed E-state index contributed by atoms with van der Waals surface area (Å²) in [6.07, 6.45) is 0.00964. The molecule has 3 rings (SSSR count). The van der Waals surface area contributed by atoms with Crippen LogP contribution in [0.15, 0.2) is 59.0 Å². The molecular weight excluding hydrogens is 416 g/mol. The van der Waals surface area contributed by atoms with Crippen molar-refractivity contribution >= 4 is 28.9 Å². The van der Waals surface area contributed by atoms with Crippen molar-refractivity contribution in [2.24, 2.45) is 0 Å². The van der Waals surface area contributed by atoms with Crippen LogP contribution in [0.3, 0.4) is 0 Å². The summed E-state index contributed by atoms with van der Waals surface area (Å²) >= 11 is 5.28. The van der Waals surface area contributed by atoms with Crippen LogP contribution < -0.4 is 20.1 Å². The smallest absolute Gasteiger partial charge is 0.257 e. The van der Waals surface area contributed by atoms with Gasteiger partial charge >= 0.3 is 0 Å². The predicted octanol–water partition coefficient (Wildman–Crippen LogP) is 4.36. The number of hydrogen-bond acceptors (Lipinski definition) is 6. The number of methoxy groups -OCH3 is 1. The van der Waals surface area contributed by atoms with Gasteiger partial charge < -0.3 is 24.3 Å². The van der Waals surface area contributed by atoms with Crippen LogP contribution in [-0.4, -0.2) is 29.3 Å². The molecule has 0 atom stereocenters. The summed E-state index contributed by atoms with van der Waals surface area (Å²) in [6, 6.07) is 15.7. The van der Waals surface area contributed by atoms with Gasteiger partial charge in [0.15, 0.2) is 5.11 Å². The molecule has 0 radical (unpaired) electrons. The quantitative estimate of drug-likeness (QED) is 0.470. The molecule has 0 spiro atoms. The molecule has 0 aliphatic rings. The highest BCUT2D eigenvalue weighted by Gasteiger charge is 2.13. The molecule has 0 aliphatic heterocycles. The second-order valence-corrected chi connectivity index (χ2v) is 7.35. The number of ether oxygens (including phenoxy) is 2. The van der Waals surface area contributed by atoms with E-state index in [-0.39, 0.29) is 23.7 Å². The first-order valence-corrected chi connectivity index (χ1v) is 10.1. The summed E-state index contributed by atoms with van der Waals surface area (Å²) in [4.78, 5) is 12.5. The van der Waals surface area contributed by atoms with Gasteiger partial charge in [-0.3, -0.25) is 10.1 Å². The summed E-state index contributed by atoms with van der Waals surface area (Å²) in [6.45, 7) is 3.66. The topological polar surface area (TPSA) is 93.0 Å². The van der Waals surface area contributed by atoms with Gasteiger partial charge in [-0.1, -0.05) is 6.07 Å². The molecule has 0 fully saturated rings. The van der Waals surface area contributed by atoms with E-state index in [9.17, 15) is 9.90 Å². The van der Waals surface area contributed by atoms with E-state index in [2.05, 4.69) is 10.6 Å². The van der Waals surface area contributed by atoms with E-state index < -0.39 is 0 Å². The maximum Gasteiger partial charge on any atom is 0.257 e. The maximum absolute atomic E-state index is 12.5. The number of benzene rings is 2. The van der Waals surface area contributed by atoms with Gasteiger partial charge in [-0.25, -0.2) is 0 Å². The number of amides is 1. The lowest BCUT2D eigenvalue weighted by Gasteiger charge is -2.13. The molecule has 7 nitrogen and oxygen atoms in total. The number of thiocarbonyl (C=S) groups is 1. The average Bonchev–Trinajstić information content (AvgIpc) is 3.22. The van der Waals surface area contributed by atoms with Gasteiger partial charge in [-0.2, -0.15) is 0 Å². The van der Waals surface area contributed by atoms with Gasteiger partial charge in [0.2, 0.25) is 0 Å². The van der Waals surface area contributed by atoms with Crippen LogP contribution >= 0.6 is 12.2 Å². The van der Waals surface area contributed by atoms with E-state index in [1.54, 1.807) is 61.7 Å². The largest absolute Gasteiger partial charge is 0.496 e. The van der Waals surface area contributed by atoms with E-state index in [0.29, 0.717) is 34.3 Å². The third-order valence-corrected chi connectivity index (χ3v) is 4.44. The number of carbonyl (C=O) groups excluding carboxylic acids is 1. The van der Waals surface area contributed by atoms with Gasteiger partial charge in [-0.05, 0) is 68.5 Å². The van der Waals surface area contributed by atoms with Crippen LogP contribution in [0.25, 0.3) is 11.3 Å². The van der Waals surface area contributed by atoms with Crippen molar-refractivity contribution in [2.75, 3.05) is 12.4 Å². The summed E-state index contributed by atoms with van der Waals surface area (Å²) in [7, 11) is 1.55. The zero-order valence-corrected chi connectivity index (χ0v) is 18.3. The molecule has 2 aromatic carbocycles. The van der Waals surface area contributed by atoms with Crippen LogP contribution in [0.4, 0.5) is 5.69 Å². The highest BCUT2D eigenvalue weighted by atomic mass is 32.1. The molecule has 0 bridgehead atoms. The standard InChI is InChI=1S/C23H24N2O5S/c1-14(2)29-17-6-4-5-15(11-17)22(27)25-23(31)24-16-7-9-19(21(12-16)28-3)20-10-8-18(13-26)30-20/h4-12,14,26H,13H2,1-3H3,(H2,24,25,27,31). The van der Waals surface area contributed by atoms with Crippen molar-refractivity contribution in [1.29, 1.82) is 0 Å². The summed E-state index contributed by atoms with van der Waals surface area (Å²) in [5.74, 6) is 1.86. The molecule has 1 heterocycles. The number of rotatable bonds is 7. The summed E-state index contributed by atoms with van der Waals surface area (Å²) < 4.78 is 16.7. The summed E-state index contributed by atoms with van der Waals surface area (Å²) in [5.41, 5.74) is 1.80. The van der Waals surface area contributed by atoms with E-state index in [0.717, 1.165) is 5.56 Å². The van der Waals surface area contributed by atoms with Crippen LogP contribution in [-0.2, 0) is 6.61 Å². The first-order chi connectivity index (χ1) is 14.9. The highest BCUT2D eigenvalue weighted by molar-refractivity contribution is 7.80. The zero-order chi connectivity index (χ0) is 22.4. The Morgan fingerprint density at radius 3 is 2.65 bits per heavy atom. The lowest BCUT2D eigenvalue weighted by Crippen LogP contribution is -2.34. The Hall–Kier alpha value is -3.36. The minimum atomic E-state index is -0.345. The van der Waals surface area contributed by atoms with E-state index in [1.165, 1.54) is 0 Å². The zero-order valence-electron chi connectivity index (χ0n) is 17.5. The van der Waals surface area contributed by atoms with Crippen molar-refractivity contribution in [1.82, 2.24) is 5.32 Å². The number of anilines is 1. The van der Waals surface area contributed by atoms with Crippen LogP contribution in [0.1, 0.15) is 30.0 Å². The van der Waals surface area contributed by atoms with E-state index >= 15 is 0 Å². The van der Waals surface area contributed by atoms with Crippen LogP contribution in [0, 0.1) is 0 Å². The van der Waals surface area contributed by atoms with Crippen molar-refractivity contribution in [3.05, 3.63) is 65.9 Å². The van der Waals surface area contributed by atoms with Crippen molar-refractivity contribution in [3.8, 4) is 22.8 Å². The van der Waals surface area contributed by atoms with Crippen LogP contribution in [0.5, 0.6) is 11.5 Å². The van der Waals surface area contributed by atoms with Crippen molar-refractivity contribution < 1.29 is 23.8 Å². The third kappa shape index (κ3) is 5.84.